The molecule has 2 fully saturated rings. The molecule has 126 valence electrons. The van der Waals surface area contributed by atoms with Crippen LogP contribution in [0.15, 0.2) is 18.2 Å². The number of methoxy groups -OCH3 is 1. The van der Waals surface area contributed by atoms with Crippen LogP contribution in [0.2, 0.25) is 0 Å². The van der Waals surface area contributed by atoms with Crippen LogP contribution < -0.4 is 10.5 Å². The summed E-state index contributed by atoms with van der Waals surface area (Å²) in [6, 6.07) is 5.18. The lowest BCUT2D eigenvalue weighted by molar-refractivity contribution is -0.123. The Morgan fingerprint density at radius 2 is 2.00 bits per heavy atom. The largest absolute Gasteiger partial charge is 0.496 e. The summed E-state index contributed by atoms with van der Waals surface area (Å²) in [5.41, 5.74) is 6.63. The number of halogens is 1. The van der Waals surface area contributed by atoms with Gasteiger partial charge in [0.05, 0.1) is 13.2 Å². The maximum Gasteiger partial charge on any atom is 0.234 e. The molecule has 0 aromatic heterocycles. The SMILES string of the molecule is COc1cc(F)ccc1C1CCC(N2CCCC2C(N)=O)CC1. The van der Waals surface area contributed by atoms with Gasteiger partial charge in [-0.15, -0.1) is 0 Å². The third kappa shape index (κ3) is 3.34. The van der Waals surface area contributed by atoms with Crippen LogP contribution in [0.3, 0.4) is 0 Å². The molecule has 0 radical (unpaired) electrons. The highest BCUT2D eigenvalue weighted by Gasteiger charge is 2.36. The summed E-state index contributed by atoms with van der Waals surface area (Å²) >= 11 is 0. The molecule has 1 saturated heterocycles. The normalized spacial score (nSPS) is 28.7. The number of rotatable bonds is 4. The Kier molecular flexibility index (Phi) is 4.85. The van der Waals surface area contributed by atoms with Gasteiger partial charge in [-0.1, -0.05) is 6.07 Å². The molecule has 4 nitrogen and oxygen atoms in total. The third-order valence-electron chi connectivity index (χ3n) is 5.42. The first-order chi connectivity index (χ1) is 11.1. The van der Waals surface area contributed by atoms with Crippen molar-refractivity contribution in [3.8, 4) is 5.75 Å². The van der Waals surface area contributed by atoms with Gasteiger partial charge in [0, 0.05) is 12.1 Å². The number of amides is 1. The second-order valence-electron chi connectivity index (χ2n) is 6.69. The van der Waals surface area contributed by atoms with Gasteiger partial charge in [0.1, 0.15) is 11.6 Å². The fraction of sp³-hybridized carbons (Fsp3) is 0.611. The highest BCUT2D eigenvalue weighted by atomic mass is 19.1. The third-order valence-corrected chi connectivity index (χ3v) is 5.42. The molecule has 5 heteroatoms. The van der Waals surface area contributed by atoms with Crippen LogP contribution in [-0.2, 0) is 4.79 Å². The number of ether oxygens (including phenoxy) is 1. The molecule has 1 aliphatic carbocycles. The van der Waals surface area contributed by atoms with E-state index in [0.717, 1.165) is 50.6 Å². The number of benzene rings is 1. The predicted octanol–water partition coefficient (Wildman–Crippen LogP) is 2.81. The summed E-state index contributed by atoms with van der Waals surface area (Å²) in [7, 11) is 1.59. The number of nitrogens with two attached hydrogens (primary N) is 1. The first-order valence-corrected chi connectivity index (χ1v) is 8.48. The summed E-state index contributed by atoms with van der Waals surface area (Å²) in [6.07, 6.45) is 6.12. The molecule has 23 heavy (non-hydrogen) atoms. The summed E-state index contributed by atoms with van der Waals surface area (Å²) < 4.78 is 18.7. The van der Waals surface area contributed by atoms with Crippen molar-refractivity contribution in [3.05, 3.63) is 29.6 Å². The summed E-state index contributed by atoms with van der Waals surface area (Å²) in [5, 5.41) is 0. The van der Waals surface area contributed by atoms with E-state index in [9.17, 15) is 9.18 Å². The van der Waals surface area contributed by atoms with Crippen molar-refractivity contribution in [1.82, 2.24) is 4.90 Å². The van der Waals surface area contributed by atoms with E-state index >= 15 is 0 Å². The van der Waals surface area contributed by atoms with E-state index in [1.54, 1.807) is 7.11 Å². The van der Waals surface area contributed by atoms with E-state index in [0.29, 0.717) is 17.7 Å². The number of nitrogens with zero attached hydrogens (tertiary/aromatic N) is 1. The van der Waals surface area contributed by atoms with Gasteiger partial charge in [0.2, 0.25) is 5.91 Å². The quantitative estimate of drug-likeness (QED) is 0.928. The molecule has 0 bridgehead atoms. The molecule has 1 amide bonds. The van der Waals surface area contributed by atoms with Crippen LogP contribution in [-0.4, -0.2) is 36.5 Å². The molecule has 3 rings (SSSR count). The molecular weight excluding hydrogens is 295 g/mol. The Morgan fingerprint density at radius 1 is 1.26 bits per heavy atom. The molecule has 1 aromatic rings. The van der Waals surface area contributed by atoms with E-state index in [4.69, 9.17) is 10.5 Å². The maximum absolute atomic E-state index is 13.4. The number of hydrogen-bond acceptors (Lipinski definition) is 3. The van der Waals surface area contributed by atoms with Gasteiger partial charge >= 0.3 is 0 Å². The van der Waals surface area contributed by atoms with Crippen molar-refractivity contribution >= 4 is 5.91 Å². The Hall–Kier alpha value is -1.62. The number of primary amides is 1. The van der Waals surface area contributed by atoms with Crippen molar-refractivity contribution in [2.24, 2.45) is 5.73 Å². The van der Waals surface area contributed by atoms with E-state index < -0.39 is 0 Å². The van der Waals surface area contributed by atoms with Gasteiger partial charge in [0.15, 0.2) is 0 Å². The van der Waals surface area contributed by atoms with Gasteiger partial charge in [0.25, 0.3) is 0 Å². The number of hydrogen-bond donors (Lipinski definition) is 1. The molecule has 0 spiro atoms. The van der Waals surface area contributed by atoms with Crippen molar-refractivity contribution in [2.75, 3.05) is 13.7 Å². The number of likely N-dealkylation sites (tertiary alicyclic amines) is 1. The zero-order valence-electron chi connectivity index (χ0n) is 13.6. The lowest BCUT2D eigenvalue weighted by Gasteiger charge is -2.37. The maximum atomic E-state index is 13.4. The molecule has 1 saturated carbocycles. The van der Waals surface area contributed by atoms with Crippen LogP contribution in [0.4, 0.5) is 4.39 Å². The fourth-order valence-electron chi connectivity index (χ4n) is 4.27. The van der Waals surface area contributed by atoms with E-state index in [2.05, 4.69) is 4.90 Å². The minimum Gasteiger partial charge on any atom is -0.496 e. The van der Waals surface area contributed by atoms with Crippen LogP contribution in [0.25, 0.3) is 0 Å². The topological polar surface area (TPSA) is 55.6 Å². The first-order valence-electron chi connectivity index (χ1n) is 8.48. The molecule has 1 unspecified atom stereocenters. The van der Waals surface area contributed by atoms with Crippen LogP contribution in [0.5, 0.6) is 5.75 Å². The summed E-state index contributed by atoms with van der Waals surface area (Å²) in [6.45, 7) is 0.975. The van der Waals surface area contributed by atoms with E-state index in [1.807, 2.05) is 6.07 Å². The highest BCUT2D eigenvalue weighted by molar-refractivity contribution is 5.80. The molecule has 1 aromatic carbocycles. The van der Waals surface area contributed by atoms with Crippen molar-refractivity contribution in [1.29, 1.82) is 0 Å². The molecule has 1 aliphatic heterocycles. The van der Waals surface area contributed by atoms with Crippen molar-refractivity contribution in [3.63, 3.8) is 0 Å². The average Bonchev–Trinajstić information content (AvgIpc) is 3.05. The molecule has 1 heterocycles. The van der Waals surface area contributed by atoms with E-state index in [1.165, 1.54) is 12.1 Å². The second kappa shape index (κ2) is 6.87. The molecule has 2 N–H and O–H groups in total. The van der Waals surface area contributed by atoms with Gasteiger partial charge in [-0.3, -0.25) is 9.69 Å². The van der Waals surface area contributed by atoms with Gasteiger partial charge in [-0.05, 0) is 62.6 Å². The Balaban J connectivity index is 1.66. The molecule has 1 atom stereocenters. The zero-order valence-corrected chi connectivity index (χ0v) is 13.6. The van der Waals surface area contributed by atoms with Gasteiger partial charge < -0.3 is 10.5 Å². The fourth-order valence-corrected chi connectivity index (χ4v) is 4.27. The lowest BCUT2D eigenvalue weighted by atomic mass is 9.80. The minimum atomic E-state index is -0.263. The van der Waals surface area contributed by atoms with Gasteiger partial charge in [-0.25, -0.2) is 4.39 Å². The Labute approximate surface area is 136 Å². The predicted molar refractivity (Wildman–Crippen MR) is 86.9 cm³/mol. The van der Waals surface area contributed by atoms with Crippen molar-refractivity contribution in [2.45, 2.75) is 56.5 Å². The summed E-state index contributed by atoms with van der Waals surface area (Å²) in [4.78, 5) is 13.9. The summed E-state index contributed by atoms with van der Waals surface area (Å²) in [5.74, 6) is 0.589. The van der Waals surface area contributed by atoms with E-state index in [-0.39, 0.29) is 17.8 Å². The minimum absolute atomic E-state index is 0.0862. The first kappa shape index (κ1) is 16.2. The zero-order chi connectivity index (χ0) is 16.4. The Bertz CT molecular complexity index is 570. The average molecular weight is 320 g/mol. The highest BCUT2D eigenvalue weighted by Crippen LogP contribution is 2.40. The lowest BCUT2D eigenvalue weighted by Crippen LogP contribution is -2.47. The van der Waals surface area contributed by atoms with Gasteiger partial charge in [-0.2, -0.15) is 0 Å². The molecule has 2 aliphatic rings. The second-order valence-corrected chi connectivity index (χ2v) is 6.69. The van der Waals surface area contributed by atoms with Crippen LogP contribution >= 0.6 is 0 Å². The Morgan fingerprint density at radius 3 is 2.65 bits per heavy atom. The standard InChI is InChI=1S/C18H25FN2O2/c1-23-17-11-13(19)6-9-15(17)12-4-7-14(8-5-12)21-10-2-3-16(21)18(20)22/h6,9,11-12,14,16H,2-5,7-8,10H2,1H3,(H2,20,22). The van der Waals surface area contributed by atoms with Crippen LogP contribution in [0.1, 0.15) is 50.0 Å². The van der Waals surface area contributed by atoms with Crippen LogP contribution in [0, 0.1) is 5.82 Å². The smallest absolute Gasteiger partial charge is 0.234 e. The number of carbonyl (C=O) groups is 1. The number of carbonyl (C=O) groups excluding carboxylic acids is 1. The van der Waals surface area contributed by atoms with Crippen molar-refractivity contribution < 1.29 is 13.9 Å². The monoisotopic (exact) mass is 320 g/mol. The molecular formula is C18H25FN2O2.